The van der Waals surface area contributed by atoms with E-state index in [0.29, 0.717) is 56.8 Å². The van der Waals surface area contributed by atoms with Gasteiger partial charge in [-0.1, -0.05) is 24.3 Å². The summed E-state index contributed by atoms with van der Waals surface area (Å²) in [4.78, 5) is 41.2. The van der Waals surface area contributed by atoms with Gasteiger partial charge in [-0.15, -0.1) is 0 Å². The molecule has 2 aliphatic rings. The van der Waals surface area contributed by atoms with Gasteiger partial charge in [0.1, 0.15) is 5.60 Å². The summed E-state index contributed by atoms with van der Waals surface area (Å²) in [5.41, 5.74) is 1.74. The van der Waals surface area contributed by atoms with E-state index in [2.05, 4.69) is 0 Å². The van der Waals surface area contributed by atoms with Gasteiger partial charge in [0, 0.05) is 44.0 Å². The quantitative estimate of drug-likeness (QED) is 0.749. The Morgan fingerprint density at radius 2 is 1.56 bits per heavy atom. The number of amides is 3. The van der Waals surface area contributed by atoms with Crippen LogP contribution in [0.15, 0.2) is 48.5 Å². The molecule has 3 amide bonds. The van der Waals surface area contributed by atoms with E-state index in [4.69, 9.17) is 0 Å². The van der Waals surface area contributed by atoms with Crippen LogP contribution in [-0.2, 0) is 4.79 Å². The lowest BCUT2D eigenvalue weighted by atomic mass is 10.0. The Balaban J connectivity index is 1.41. The van der Waals surface area contributed by atoms with Crippen LogP contribution in [0.25, 0.3) is 11.1 Å². The predicted molar refractivity (Wildman–Crippen MR) is 120 cm³/mol. The highest BCUT2D eigenvalue weighted by Crippen LogP contribution is 2.37. The van der Waals surface area contributed by atoms with Crippen LogP contribution in [0.2, 0.25) is 0 Å². The van der Waals surface area contributed by atoms with Crippen LogP contribution >= 0.6 is 0 Å². The molecule has 1 aliphatic carbocycles. The van der Waals surface area contributed by atoms with E-state index in [1.54, 1.807) is 34.9 Å². The number of hydrogen-bond acceptors (Lipinski definition) is 4. The van der Waals surface area contributed by atoms with Gasteiger partial charge in [-0.05, 0) is 55.2 Å². The molecule has 1 saturated heterocycles. The topological polar surface area (TPSA) is 101 Å². The van der Waals surface area contributed by atoms with Crippen molar-refractivity contribution in [3.05, 3.63) is 54.1 Å². The Morgan fingerprint density at radius 3 is 2.12 bits per heavy atom. The van der Waals surface area contributed by atoms with Crippen molar-refractivity contribution in [2.45, 2.75) is 25.4 Å². The Bertz CT molecular complexity index is 1020. The lowest BCUT2D eigenvalue weighted by Crippen LogP contribution is -2.53. The first-order valence-electron chi connectivity index (χ1n) is 10.8. The summed E-state index contributed by atoms with van der Waals surface area (Å²) < 4.78 is 0. The second kappa shape index (κ2) is 8.63. The van der Waals surface area contributed by atoms with Crippen LogP contribution in [-0.4, -0.2) is 76.2 Å². The maximum Gasteiger partial charge on any atom is 0.411 e. The maximum absolute atomic E-state index is 12.9. The van der Waals surface area contributed by atoms with Crippen LogP contribution in [0.4, 0.5) is 10.5 Å². The SMILES string of the molecule is CCN(C(=O)O)c1cccc(-c2ccc(C(=O)N3CCN(C(=O)C4(O)CC4)CC3)cc2)c1. The molecule has 1 saturated carbocycles. The van der Waals surface area contributed by atoms with Crippen LogP contribution < -0.4 is 4.90 Å². The molecule has 0 radical (unpaired) electrons. The van der Waals surface area contributed by atoms with Crippen LogP contribution in [0, 0.1) is 0 Å². The molecule has 4 rings (SSSR count). The Kier molecular flexibility index (Phi) is 5.88. The summed E-state index contributed by atoms with van der Waals surface area (Å²) in [7, 11) is 0. The first kappa shape index (κ1) is 21.8. The van der Waals surface area contributed by atoms with Gasteiger partial charge >= 0.3 is 6.09 Å². The van der Waals surface area contributed by atoms with E-state index in [1.807, 2.05) is 30.3 Å². The zero-order valence-corrected chi connectivity index (χ0v) is 18.0. The van der Waals surface area contributed by atoms with Gasteiger partial charge in [0.25, 0.3) is 11.8 Å². The first-order valence-corrected chi connectivity index (χ1v) is 10.8. The van der Waals surface area contributed by atoms with E-state index >= 15 is 0 Å². The van der Waals surface area contributed by atoms with Crippen molar-refractivity contribution in [3.8, 4) is 11.1 Å². The number of carbonyl (C=O) groups excluding carboxylic acids is 2. The van der Waals surface area contributed by atoms with Gasteiger partial charge in [-0.2, -0.15) is 0 Å². The first-order chi connectivity index (χ1) is 15.3. The van der Waals surface area contributed by atoms with Gasteiger partial charge in [0.15, 0.2) is 0 Å². The molecule has 0 unspecified atom stereocenters. The average molecular weight is 437 g/mol. The second-order valence-electron chi connectivity index (χ2n) is 8.27. The minimum atomic E-state index is -1.17. The maximum atomic E-state index is 12.9. The van der Waals surface area contributed by atoms with Crippen LogP contribution in [0.5, 0.6) is 0 Å². The molecule has 1 aliphatic heterocycles. The molecule has 168 valence electrons. The number of carbonyl (C=O) groups is 3. The average Bonchev–Trinajstić information content (AvgIpc) is 3.57. The van der Waals surface area contributed by atoms with Crippen molar-refractivity contribution >= 4 is 23.6 Å². The normalized spacial score (nSPS) is 17.1. The van der Waals surface area contributed by atoms with Crippen molar-refractivity contribution in [1.29, 1.82) is 0 Å². The molecule has 1 heterocycles. The van der Waals surface area contributed by atoms with E-state index in [0.717, 1.165) is 11.1 Å². The number of nitrogens with zero attached hydrogens (tertiary/aromatic N) is 3. The van der Waals surface area contributed by atoms with Gasteiger partial charge in [-0.3, -0.25) is 14.5 Å². The third kappa shape index (κ3) is 4.31. The molecule has 32 heavy (non-hydrogen) atoms. The van der Waals surface area contributed by atoms with Crippen LogP contribution in [0.1, 0.15) is 30.1 Å². The Morgan fingerprint density at radius 1 is 0.938 bits per heavy atom. The van der Waals surface area contributed by atoms with E-state index in [9.17, 15) is 24.6 Å². The number of aliphatic hydroxyl groups is 1. The number of piperazine rings is 1. The van der Waals surface area contributed by atoms with Crippen molar-refractivity contribution in [2.75, 3.05) is 37.6 Å². The number of hydrogen-bond donors (Lipinski definition) is 2. The standard InChI is InChI=1S/C24H27N3O5/c1-2-27(23(30)31)20-5-3-4-19(16-20)17-6-8-18(9-7-17)21(28)25-12-14-26(15-13-25)22(29)24(32)10-11-24/h3-9,16,32H,2,10-15H2,1H3,(H,30,31). The zero-order valence-electron chi connectivity index (χ0n) is 18.0. The van der Waals surface area contributed by atoms with Gasteiger partial charge < -0.3 is 20.0 Å². The lowest BCUT2D eigenvalue weighted by Gasteiger charge is -2.35. The third-order valence-corrected chi connectivity index (χ3v) is 6.15. The number of benzene rings is 2. The van der Waals surface area contributed by atoms with E-state index < -0.39 is 11.7 Å². The highest BCUT2D eigenvalue weighted by Gasteiger charge is 2.50. The summed E-state index contributed by atoms with van der Waals surface area (Å²) in [5, 5.41) is 19.4. The summed E-state index contributed by atoms with van der Waals surface area (Å²) in [6.45, 7) is 3.86. The molecule has 2 N–H and O–H groups in total. The van der Waals surface area contributed by atoms with Gasteiger partial charge in [-0.25, -0.2) is 4.79 Å². The highest BCUT2D eigenvalue weighted by molar-refractivity contribution is 5.95. The fraction of sp³-hybridized carbons (Fsp3) is 0.375. The van der Waals surface area contributed by atoms with Crippen molar-refractivity contribution in [1.82, 2.24) is 9.80 Å². The monoisotopic (exact) mass is 437 g/mol. The molecule has 2 aromatic carbocycles. The largest absolute Gasteiger partial charge is 0.465 e. The fourth-order valence-corrected chi connectivity index (χ4v) is 4.01. The number of carboxylic acid groups (broad SMARTS) is 1. The molecule has 0 spiro atoms. The molecule has 8 heteroatoms. The molecule has 8 nitrogen and oxygen atoms in total. The highest BCUT2D eigenvalue weighted by atomic mass is 16.4. The fourth-order valence-electron chi connectivity index (χ4n) is 4.01. The number of rotatable bonds is 5. The summed E-state index contributed by atoms with van der Waals surface area (Å²) in [6, 6.07) is 14.5. The van der Waals surface area contributed by atoms with Gasteiger partial charge in [0.2, 0.25) is 0 Å². The van der Waals surface area contributed by atoms with Gasteiger partial charge in [0.05, 0.1) is 0 Å². The van der Waals surface area contributed by atoms with Crippen molar-refractivity contribution in [3.63, 3.8) is 0 Å². The molecular weight excluding hydrogens is 410 g/mol. The zero-order chi connectivity index (χ0) is 22.9. The number of anilines is 1. The summed E-state index contributed by atoms with van der Waals surface area (Å²) >= 11 is 0. The lowest BCUT2D eigenvalue weighted by molar-refractivity contribution is -0.143. The Labute approximate surface area is 186 Å². The minimum Gasteiger partial charge on any atom is -0.465 e. The Hall–Kier alpha value is -3.39. The minimum absolute atomic E-state index is 0.0921. The summed E-state index contributed by atoms with van der Waals surface area (Å²) in [6.07, 6.45) is 0.0405. The molecule has 0 bridgehead atoms. The molecule has 2 aromatic rings. The van der Waals surface area contributed by atoms with E-state index in [-0.39, 0.29) is 11.8 Å². The predicted octanol–water partition coefficient (Wildman–Crippen LogP) is 2.67. The molecule has 0 atom stereocenters. The molecule has 0 aromatic heterocycles. The van der Waals surface area contributed by atoms with Crippen molar-refractivity contribution < 1.29 is 24.6 Å². The third-order valence-electron chi connectivity index (χ3n) is 6.15. The molecular formula is C24H27N3O5. The summed E-state index contributed by atoms with van der Waals surface area (Å²) in [5.74, 6) is -0.314. The second-order valence-corrected chi connectivity index (χ2v) is 8.27. The molecule has 2 fully saturated rings. The smallest absolute Gasteiger partial charge is 0.411 e. The van der Waals surface area contributed by atoms with Crippen molar-refractivity contribution in [2.24, 2.45) is 0 Å². The van der Waals surface area contributed by atoms with E-state index in [1.165, 1.54) is 4.90 Å². The van der Waals surface area contributed by atoms with Crippen LogP contribution in [0.3, 0.4) is 0 Å².